The van der Waals surface area contributed by atoms with Crippen molar-refractivity contribution in [2.75, 3.05) is 5.73 Å². The molecule has 106 valence electrons. The summed E-state index contributed by atoms with van der Waals surface area (Å²) in [4.78, 5) is 10.3. The minimum atomic E-state index is 0.421. The smallest absolute Gasteiger partial charge is 0.133 e. The summed E-state index contributed by atoms with van der Waals surface area (Å²) >= 11 is 1.70. The van der Waals surface area contributed by atoms with Gasteiger partial charge in [0.2, 0.25) is 0 Å². The van der Waals surface area contributed by atoms with Gasteiger partial charge in [-0.25, -0.2) is 9.97 Å². The van der Waals surface area contributed by atoms with Crippen molar-refractivity contribution in [3.05, 3.63) is 53.5 Å². The molecule has 0 fully saturated rings. The number of nitrogen functional groups attached to an aromatic ring is 1. The zero-order chi connectivity index (χ0) is 14.8. The maximum atomic E-state index is 5.98. The lowest BCUT2D eigenvalue weighted by Gasteiger charge is -2.04. The maximum absolute atomic E-state index is 5.98. The molecule has 0 amide bonds. The lowest BCUT2D eigenvalue weighted by atomic mass is 10.1. The van der Waals surface area contributed by atoms with Crippen LogP contribution in [-0.4, -0.2) is 9.97 Å². The molecule has 2 N–H and O–H groups in total. The van der Waals surface area contributed by atoms with Crippen LogP contribution in [0.3, 0.4) is 0 Å². The van der Waals surface area contributed by atoms with E-state index in [1.165, 1.54) is 4.88 Å². The molecule has 0 radical (unpaired) electrons. The van der Waals surface area contributed by atoms with Crippen LogP contribution in [0.1, 0.15) is 24.6 Å². The normalized spacial score (nSPS) is 11.0. The van der Waals surface area contributed by atoms with Crippen molar-refractivity contribution in [2.24, 2.45) is 0 Å². The molecule has 3 nitrogen and oxygen atoms in total. The van der Waals surface area contributed by atoms with Gasteiger partial charge >= 0.3 is 0 Å². The Bertz CT molecular complexity index is 748. The molecule has 0 bridgehead atoms. The summed E-state index contributed by atoms with van der Waals surface area (Å²) in [7, 11) is 0. The van der Waals surface area contributed by atoms with Crippen molar-refractivity contribution in [3.8, 4) is 21.8 Å². The van der Waals surface area contributed by atoms with E-state index < -0.39 is 0 Å². The first-order valence-electron chi connectivity index (χ1n) is 6.94. The fourth-order valence-corrected chi connectivity index (χ4v) is 3.36. The van der Waals surface area contributed by atoms with E-state index >= 15 is 0 Å². The molecule has 2 heterocycles. The highest BCUT2D eigenvalue weighted by Crippen LogP contribution is 2.38. The Hall–Kier alpha value is -2.20. The molecule has 0 spiro atoms. The average Bonchev–Trinajstić information content (AvgIpc) is 2.94. The van der Waals surface area contributed by atoms with Crippen LogP contribution in [0.25, 0.3) is 21.8 Å². The van der Waals surface area contributed by atoms with Gasteiger partial charge in [-0.2, -0.15) is 0 Å². The molecular formula is C17H17N3S. The third-order valence-corrected chi connectivity index (χ3v) is 4.68. The van der Waals surface area contributed by atoms with Gasteiger partial charge in [0.25, 0.3) is 0 Å². The molecule has 0 aliphatic rings. The number of nitrogens with zero attached hydrogens (tertiary/aromatic N) is 2. The molecule has 4 heteroatoms. The number of thiazole rings is 1. The lowest BCUT2D eigenvalue weighted by Crippen LogP contribution is -1.92. The second kappa shape index (κ2) is 5.66. The standard InChI is InChI=1S/C17H17N3S/c1-11(2)15-14(12-7-4-3-5-8-12)20-17(21-15)13-9-6-10-19-16(13)18/h3-11H,1-2H3,(H2,18,19). The minimum absolute atomic E-state index is 0.421. The molecule has 0 atom stereocenters. The minimum Gasteiger partial charge on any atom is -0.383 e. The first-order valence-corrected chi connectivity index (χ1v) is 7.75. The Kier molecular flexibility index (Phi) is 3.71. The van der Waals surface area contributed by atoms with E-state index in [0.29, 0.717) is 11.7 Å². The van der Waals surface area contributed by atoms with Crippen molar-refractivity contribution in [1.82, 2.24) is 9.97 Å². The van der Waals surface area contributed by atoms with E-state index in [4.69, 9.17) is 10.7 Å². The van der Waals surface area contributed by atoms with E-state index in [2.05, 4.69) is 31.0 Å². The van der Waals surface area contributed by atoms with Gasteiger partial charge in [-0.3, -0.25) is 0 Å². The van der Waals surface area contributed by atoms with Gasteiger partial charge in [-0.1, -0.05) is 44.2 Å². The fraction of sp³-hybridized carbons (Fsp3) is 0.176. The van der Waals surface area contributed by atoms with Gasteiger partial charge in [0.15, 0.2) is 0 Å². The van der Waals surface area contributed by atoms with Crippen LogP contribution in [0.15, 0.2) is 48.7 Å². The first-order chi connectivity index (χ1) is 10.2. The fourth-order valence-electron chi connectivity index (χ4n) is 2.24. The number of aromatic nitrogens is 2. The number of hydrogen-bond donors (Lipinski definition) is 1. The number of benzene rings is 1. The van der Waals surface area contributed by atoms with Gasteiger partial charge in [0.1, 0.15) is 10.8 Å². The third kappa shape index (κ3) is 2.67. The second-order valence-electron chi connectivity index (χ2n) is 5.19. The number of rotatable bonds is 3. The molecule has 0 aliphatic carbocycles. The number of hydrogen-bond acceptors (Lipinski definition) is 4. The molecule has 2 aromatic heterocycles. The van der Waals surface area contributed by atoms with Crippen molar-refractivity contribution in [1.29, 1.82) is 0 Å². The number of pyridine rings is 1. The first kappa shape index (κ1) is 13.8. The highest BCUT2D eigenvalue weighted by Gasteiger charge is 2.17. The molecule has 3 rings (SSSR count). The Balaban J connectivity index is 2.16. The Labute approximate surface area is 128 Å². The van der Waals surface area contributed by atoms with E-state index in [0.717, 1.165) is 21.8 Å². The Morgan fingerprint density at radius 1 is 1.05 bits per heavy atom. The van der Waals surface area contributed by atoms with Crippen LogP contribution < -0.4 is 5.73 Å². The topological polar surface area (TPSA) is 51.8 Å². The van der Waals surface area contributed by atoms with Crippen molar-refractivity contribution in [3.63, 3.8) is 0 Å². The summed E-state index contributed by atoms with van der Waals surface area (Å²) in [6, 6.07) is 14.2. The van der Waals surface area contributed by atoms with Crippen LogP contribution in [-0.2, 0) is 0 Å². The summed E-state index contributed by atoms with van der Waals surface area (Å²) < 4.78 is 0. The highest BCUT2D eigenvalue weighted by molar-refractivity contribution is 7.15. The van der Waals surface area contributed by atoms with Crippen LogP contribution in [0.5, 0.6) is 0 Å². The van der Waals surface area contributed by atoms with Gasteiger partial charge in [0.05, 0.1) is 11.3 Å². The van der Waals surface area contributed by atoms with Crippen LogP contribution in [0.4, 0.5) is 5.82 Å². The van der Waals surface area contributed by atoms with Gasteiger partial charge < -0.3 is 5.73 Å². The molecular weight excluding hydrogens is 278 g/mol. The van der Waals surface area contributed by atoms with Crippen LogP contribution in [0.2, 0.25) is 0 Å². The quantitative estimate of drug-likeness (QED) is 0.769. The number of anilines is 1. The predicted molar refractivity (Wildman–Crippen MR) is 89.3 cm³/mol. The SMILES string of the molecule is CC(C)c1sc(-c2cccnc2N)nc1-c1ccccc1. The summed E-state index contributed by atoms with van der Waals surface area (Å²) in [6.45, 7) is 4.38. The Morgan fingerprint density at radius 3 is 2.48 bits per heavy atom. The zero-order valence-electron chi connectivity index (χ0n) is 12.1. The van der Waals surface area contributed by atoms with E-state index in [9.17, 15) is 0 Å². The van der Waals surface area contributed by atoms with Gasteiger partial charge in [-0.15, -0.1) is 11.3 Å². The number of nitrogens with two attached hydrogens (primary N) is 1. The highest BCUT2D eigenvalue weighted by atomic mass is 32.1. The molecule has 0 saturated heterocycles. The maximum Gasteiger partial charge on any atom is 0.133 e. The van der Waals surface area contributed by atoms with Crippen LogP contribution >= 0.6 is 11.3 Å². The van der Waals surface area contributed by atoms with Gasteiger partial charge in [-0.05, 0) is 18.1 Å². The van der Waals surface area contributed by atoms with Gasteiger partial charge in [0, 0.05) is 16.6 Å². The largest absolute Gasteiger partial charge is 0.383 e. The summed E-state index contributed by atoms with van der Waals surface area (Å²) in [6.07, 6.45) is 1.70. The summed E-state index contributed by atoms with van der Waals surface area (Å²) in [5.41, 5.74) is 9.09. The monoisotopic (exact) mass is 295 g/mol. The Morgan fingerprint density at radius 2 is 1.81 bits per heavy atom. The van der Waals surface area contributed by atoms with E-state index in [-0.39, 0.29) is 0 Å². The van der Waals surface area contributed by atoms with Crippen molar-refractivity contribution < 1.29 is 0 Å². The van der Waals surface area contributed by atoms with E-state index in [1.54, 1.807) is 17.5 Å². The second-order valence-corrected chi connectivity index (χ2v) is 6.22. The molecule has 0 saturated carbocycles. The van der Waals surface area contributed by atoms with Crippen molar-refractivity contribution >= 4 is 17.2 Å². The lowest BCUT2D eigenvalue weighted by molar-refractivity contribution is 0.888. The zero-order valence-corrected chi connectivity index (χ0v) is 12.9. The van der Waals surface area contributed by atoms with Crippen LogP contribution in [0, 0.1) is 0 Å². The van der Waals surface area contributed by atoms with Crippen molar-refractivity contribution in [2.45, 2.75) is 19.8 Å². The average molecular weight is 295 g/mol. The summed E-state index contributed by atoms with van der Waals surface area (Å²) in [5, 5.41) is 0.933. The molecule has 21 heavy (non-hydrogen) atoms. The molecule has 3 aromatic rings. The summed E-state index contributed by atoms with van der Waals surface area (Å²) in [5.74, 6) is 0.950. The molecule has 0 aliphatic heterocycles. The third-order valence-electron chi connectivity index (χ3n) is 3.29. The predicted octanol–water partition coefficient (Wildman–Crippen LogP) is 4.58. The molecule has 1 aromatic carbocycles. The molecule has 0 unspecified atom stereocenters. The van der Waals surface area contributed by atoms with E-state index in [1.807, 2.05) is 30.3 Å².